The highest BCUT2D eigenvalue weighted by Gasteiger charge is 2.17. The van der Waals surface area contributed by atoms with E-state index < -0.39 is 5.60 Å². The second kappa shape index (κ2) is 6.54. The second-order valence-electron chi connectivity index (χ2n) is 4.82. The molecule has 1 atom stereocenters. The van der Waals surface area contributed by atoms with Gasteiger partial charge in [-0.05, 0) is 26.7 Å². The summed E-state index contributed by atoms with van der Waals surface area (Å²) in [6, 6.07) is 1.87. The SMILES string of the molecule is CCCNc1cc(NCC(C)(O)CC)nc(C)n1. The van der Waals surface area contributed by atoms with Crippen LogP contribution in [-0.4, -0.2) is 33.8 Å². The predicted molar refractivity (Wildman–Crippen MR) is 75.0 cm³/mol. The molecule has 0 aliphatic carbocycles. The zero-order valence-electron chi connectivity index (χ0n) is 11.7. The van der Waals surface area contributed by atoms with Crippen molar-refractivity contribution in [2.24, 2.45) is 0 Å². The van der Waals surface area contributed by atoms with Gasteiger partial charge in [0, 0.05) is 19.2 Å². The minimum absolute atomic E-state index is 0.479. The zero-order valence-corrected chi connectivity index (χ0v) is 11.7. The fourth-order valence-electron chi connectivity index (χ4n) is 1.41. The average molecular weight is 252 g/mol. The van der Waals surface area contributed by atoms with Gasteiger partial charge in [0.05, 0.1) is 5.60 Å². The van der Waals surface area contributed by atoms with Gasteiger partial charge in [-0.1, -0.05) is 13.8 Å². The molecule has 3 N–H and O–H groups in total. The van der Waals surface area contributed by atoms with E-state index in [1.165, 1.54) is 0 Å². The van der Waals surface area contributed by atoms with Gasteiger partial charge in [0.15, 0.2) is 0 Å². The Bertz CT molecular complexity index is 379. The molecular weight excluding hydrogens is 228 g/mol. The fourth-order valence-corrected chi connectivity index (χ4v) is 1.41. The molecule has 102 valence electrons. The Morgan fingerprint density at radius 2 is 1.83 bits per heavy atom. The predicted octanol–water partition coefficient (Wildman–Crippen LogP) is 2.18. The van der Waals surface area contributed by atoms with Crippen molar-refractivity contribution < 1.29 is 5.11 Å². The van der Waals surface area contributed by atoms with Crippen LogP contribution < -0.4 is 10.6 Å². The molecule has 0 aromatic carbocycles. The minimum Gasteiger partial charge on any atom is -0.388 e. The molecular formula is C13H24N4O. The van der Waals surface area contributed by atoms with Crippen LogP contribution in [-0.2, 0) is 0 Å². The number of hydrogen-bond donors (Lipinski definition) is 3. The van der Waals surface area contributed by atoms with Crippen LogP contribution in [0.1, 0.15) is 39.4 Å². The largest absolute Gasteiger partial charge is 0.388 e. The monoisotopic (exact) mass is 252 g/mol. The van der Waals surface area contributed by atoms with Crippen molar-refractivity contribution in [3.63, 3.8) is 0 Å². The molecule has 1 heterocycles. The van der Waals surface area contributed by atoms with E-state index in [1.807, 2.05) is 26.8 Å². The van der Waals surface area contributed by atoms with Gasteiger partial charge in [0.2, 0.25) is 0 Å². The van der Waals surface area contributed by atoms with E-state index in [1.54, 1.807) is 0 Å². The van der Waals surface area contributed by atoms with Gasteiger partial charge >= 0.3 is 0 Å². The van der Waals surface area contributed by atoms with Gasteiger partial charge in [0.25, 0.3) is 0 Å². The molecule has 0 saturated carbocycles. The maximum absolute atomic E-state index is 9.94. The zero-order chi connectivity index (χ0) is 13.6. The number of nitrogens with zero attached hydrogens (tertiary/aromatic N) is 2. The van der Waals surface area contributed by atoms with E-state index in [4.69, 9.17) is 0 Å². The Morgan fingerprint density at radius 1 is 1.22 bits per heavy atom. The second-order valence-corrected chi connectivity index (χ2v) is 4.82. The summed E-state index contributed by atoms with van der Waals surface area (Å²) in [4.78, 5) is 8.62. The number of aliphatic hydroxyl groups is 1. The first-order valence-corrected chi connectivity index (χ1v) is 6.52. The first-order valence-electron chi connectivity index (χ1n) is 6.52. The minimum atomic E-state index is -0.712. The van der Waals surface area contributed by atoms with E-state index in [0.717, 1.165) is 30.4 Å². The van der Waals surface area contributed by atoms with Crippen molar-refractivity contribution in [1.29, 1.82) is 0 Å². The Balaban J connectivity index is 2.68. The molecule has 0 radical (unpaired) electrons. The van der Waals surface area contributed by atoms with Gasteiger partial charge in [-0.3, -0.25) is 0 Å². The molecule has 5 heteroatoms. The highest BCUT2D eigenvalue weighted by molar-refractivity contribution is 5.47. The molecule has 5 nitrogen and oxygen atoms in total. The molecule has 0 saturated heterocycles. The summed E-state index contributed by atoms with van der Waals surface area (Å²) in [5.41, 5.74) is -0.712. The lowest BCUT2D eigenvalue weighted by molar-refractivity contribution is 0.0696. The van der Waals surface area contributed by atoms with E-state index in [0.29, 0.717) is 13.0 Å². The van der Waals surface area contributed by atoms with Gasteiger partial charge < -0.3 is 15.7 Å². The third-order valence-electron chi connectivity index (χ3n) is 2.81. The van der Waals surface area contributed by atoms with Gasteiger partial charge in [-0.25, -0.2) is 9.97 Å². The topological polar surface area (TPSA) is 70.1 Å². The van der Waals surface area contributed by atoms with Crippen molar-refractivity contribution >= 4 is 11.6 Å². The molecule has 0 spiro atoms. The highest BCUT2D eigenvalue weighted by atomic mass is 16.3. The van der Waals surface area contributed by atoms with Crippen LogP contribution in [0.15, 0.2) is 6.07 Å². The number of nitrogens with one attached hydrogen (secondary N) is 2. The van der Waals surface area contributed by atoms with Crippen molar-refractivity contribution in [3.05, 3.63) is 11.9 Å². The van der Waals surface area contributed by atoms with E-state index in [9.17, 15) is 5.11 Å². The molecule has 0 fully saturated rings. The Kier molecular flexibility index (Phi) is 5.34. The third-order valence-corrected chi connectivity index (χ3v) is 2.81. The van der Waals surface area contributed by atoms with Crippen LogP contribution in [0.2, 0.25) is 0 Å². The Morgan fingerprint density at radius 3 is 2.39 bits per heavy atom. The molecule has 18 heavy (non-hydrogen) atoms. The molecule has 1 aromatic rings. The molecule has 0 aliphatic heterocycles. The summed E-state index contributed by atoms with van der Waals surface area (Å²) in [5.74, 6) is 2.28. The smallest absolute Gasteiger partial charge is 0.131 e. The average Bonchev–Trinajstić information content (AvgIpc) is 2.33. The molecule has 0 aliphatic rings. The lowest BCUT2D eigenvalue weighted by Crippen LogP contribution is -2.32. The van der Waals surface area contributed by atoms with Crippen molar-refractivity contribution in [1.82, 2.24) is 9.97 Å². The van der Waals surface area contributed by atoms with Gasteiger partial charge in [0.1, 0.15) is 17.5 Å². The maximum Gasteiger partial charge on any atom is 0.131 e. The quantitative estimate of drug-likeness (QED) is 0.694. The Hall–Kier alpha value is -1.36. The number of anilines is 2. The van der Waals surface area contributed by atoms with Crippen LogP contribution in [0, 0.1) is 6.92 Å². The number of hydrogen-bond acceptors (Lipinski definition) is 5. The summed E-state index contributed by atoms with van der Waals surface area (Å²) in [6.45, 7) is 9.11. The number of aromatic nitrogens is 2. The Labute approximate surface area is 109 Å². The van der Waals surface area contributed by atoms with Crippen LogP contribution in [0.25, 0.3) is 0 Å². The van der Waals surface area contributed by atoms with Gasteiger partial charge in [-0.15, -0.1) is 0 Å². The summed E-state index contributed by atoms with van der Waals surface area (Å²) in [5, 5.41) is 16.3. The molecule has 0 amide bonds. The van der Waals surface area contributed by atoms with Crippen LogP contribution in [0.3, 0.4) is 0 Å². The third kappa shape index (κ3) is 4.87. The number of aryl methyl sites for hydroxylation is 1. The van der Waals surface area contributed by atoms with E-state index in [2.05, 4.69) is 27.5 Å². The van der Waals surface area contributed by atoms with E-state index in [-0.39, 0.29) is 0 Å². The first-order chi connectivity index (χ1) is 8.46. The fraction of sp³-hybridized carbons (Fsp3) is 0.692. The lowest BCUT2D eigenvalue weighted by atomic mass is 10.0. The summed E-state index contributed by atoms with van der Waals surface area (Å²) in [7, 11) is 0. The van der Waals surface area contributed by atoms with Crippen molar-refractivity contribution in [2.45, 2.75) is 46.1 Å². The van der Waals surface area contributed by atoms with Crippen LogP contribution in [0.5, 0.6) is 0 Å². The van der Waals surface area contributed by atoms with E-state index >= 15 is 0 Å². The number of rotatable bonds is 7. The lowest BCUT2D eigenvalue weighted by Gasteiger charge is -2.22. The standard InChI is InChI=1S/C13H24N4O/c1-5-7-14-11-8-12(17-10(3)16-11)15-9-13(4,18)6-2/h8,18H,5-7,9H2,1-4H3,(H2,14,15,16,17). The summed E-state index contributed by atoms with van der Waals surface area (Å²) >= 11 is 0. The van der Waals surface area contributed by atoms with Gasteiger partial charge in [-0.2, -0.15) is 0 Å². The van der Waals surface area contributed by atoms with Crippen LogP contribution in [0.4, 0.5) is 11.6 Å². The molecule has 1 rings (SSSR count). The highest BCUT2D eigenvalue weighted by Crippen LogP contribution is 2.14. The molecule has 1 unspecified atom stereocenters. The summed E-state index contributed by atoms with van der Waals surface area (Å²) in [6.07, 6.45) is 1.75. The molecule has 0 bridgehead atoms. The first kappa shape index (κ1) is 14.7. The molecule has 1 aromatic heterocycles. The van der Waals surface area contributed by atoms with Crippen molar-refractivity contribution in [3.8, 4) is 0 Å². The normalized spacial score (nSPS) is 14.1. The maximum atomic E-state index is 9.94. The summed E-state index contributed by atoms with van der Waals surface area (Å²) < 4.78 is 0. The van der Waals surface area contributed by atoms with Crippen LogP contribution >= 0.6 is 0 Å². The van der Waals surface area contributed by atoms with Crippen molar-refractivity contribution in [2.75, 3.05) is 23.7 Å².